The molecule has 1 aromatic carbocycles. The highest BCUT2D eigenvalue weighted by Gasteiger charge is 2.20. The Labute approximate surface area is 118 Å². The van der Waals surface area contributed by atoms with Crippen molar-refractivity contribution in [2.24, 2.45) is 0 Å². The molecular weight excluding hydrogens is 257 g/mol. The summed E-state index contributed by atoms with van der Waals surface area (Å²) < 4.78 is 14.0. The number of nitrogens with one attached hydrogen (secondary N) is 1. The van der Waals surface area contributed by atoms with Crippen molar-refractivity contribution in [3.63, 3.8) is 0 Å². The van der Waals surface area contributed by atoms with Gasteiger partial charge in [0.2, 0.25) is 5.91 Å². The predicted octanol–water partition coefficient (Wildman–Crippen LogP) is 3.86. The molecule has 3 nitrogen and oxygen atoms in total. The van der Waals surface area contributed by atoms with Gasteiger partial charge in [0.25, 0.3) is 0 Å². The van der Waals surface area contributed by atoms with E-state index in [1.807, 2.05) is 0 Å². The van der Waals surface area contributed by atoms with E-state index in [1.165, 1.54) is 6.07 Å². The molecule has 0 bridgehead atoms. The second kappa shape index (κ2) is 6.64. The number of aryl methyl sites for hydroxylation is 1. The monoisotopic (exact) mass is 277 g/mol. The van der Waals surface area contributed by atoms with Crippen molar-refractivity contribution in [1.82, 2.24) is 0 Å². The number of halogens is 1. The molecule has 1 N–H and O–H groups in total. The van der Waals surface area contributed by atoms with Gasteiger partial charge in [0, 0.05) is 18.5 Å². The minimum Gasteiger partial charge on any atom is -0.326 e. The standard InChI is InChI=1S/C16H20FNO2/c1-2-3-4-5-6-15(19)12-9-11-7-8-16(20)18-14(11)10-13(12)17/h9-10H,2-8H2,1H3,(H,18,20). The van der Waals surface area contributed by atoms with Gasteiger partial charge in [0.1, 0.15) is 5.82 Å². The van der Waals surface area contributed by atoms with Crippen molar-refractivity contribution in [2.45, 2.75) is 51.9 Å². The van der Waals surface area contributed by atoms with Crippen LogP contribution in [0.5, 0.6) is 0 Å². The van der Waals surface area contributed by atoms with Crippen LogP contribution in [-0.4, -0.2) is 11.7 Å². The lowest BCUT2D eigenvalue weighted by molar-refractivity contribution is -0.116. The Morgan fingerprint density at radius 2 is 2.05 bits per heavy atom. The van der Waals surface area contributed by atoms with E-state index >= 15 is 0 Å². The third-order valence-corrected chi connectivity index (χ3v) is 3.65. The summed E-state index contributed by atoms with van der Waals surface area (Å²) in [6.07, 6.45) is 5.38. The highest BCUT2D eigenvalue weighted by Crippen LogP contribution is 2.26. The van der Waals surface area contributed by atoms with Gasteiger partial charge >= 0.3 is 0 Å². The first-order valence-corrected chi connectivity index (χ1v) is 7.27. The Morgan fingerprint density at radius 3 is 2.80 bits per heavy atom. The van der Waals surface area contributed by atoms with Crippen molar-refractivity contribution < 1.29 is 14.0 Å². The zero-order chi connectivity index (χ0) is 14.5. The zero-order valence-corrected chi connectivity index (χ0v) is 11.8. The summed E-state index contributed by atoms with van der Waals surface area (Å²) in [6.45, 7) is 2.11. The van der Waals surface area contributed by atoms with Gasteiger partial charge in [-0.1, -0.05) is 26.2 Å². The predicted molar refractivity (Wildman–Crippen MR) is 76.4 cm³/mol. The summed E-state index contributed by atoms with van der Waals surface area (Å²) in [5.41, 5.74) is 1.51. The highest BCUT2D eigenvalue weighted by molar-refractivity contribution is 5.99. The number of hydrogen-bond acceptors (Lipinski definition) is 2. The van der Waals surface area contributed by atoms with E-state index in [-0.39, 0.29) is 17.3 Å². The van der Waals surface area contributed by atoms with Crippen molar-refractivity contribution in [2.75, 3.05) is 5.32 Å². The largest absolute Gasteiger partial charge is 0.326 e. The summed E-state index contributed by atoms with van der Waals surface area (Å²) >= 11 is 0. The van der Waals surface area contributed by atoms with Crippen LogP contribution in [0.25, 0.3) is 0 Å². The summed E-state index contributed by atoms with van der Waals surface area (Å²) in [6, 6.07) is 2.87. The number of unbranched alkanes of at least 4 members (excludes halogenated alkanes) is 3. The number of ketones is 1. The molecule has 0 saturated carbocycles. The molecule has 4 heteroatoms. The third kappa shape index (κ3) is 3.44. The van der Waals surface area contributed by atoms with Crippen molar-refractivity contribution in [1.29, 1.82) is 0 Å². The minimum absolute atomic E-state index is 0.101. The van der Waals surface area contributed by atoms with E-state index in [2.05, 4.69) is 12.2 Å². The Bertz CT molecular complexity index is 525. The first-order chi connectivity index (χ1) is 9.61. The van der Waals surface area contributed by atoms with Crippen LogP contribution in [0, 0.1) is 5.82 Å². The number of fused-ring (bicyclic) bond motifs is 1. The summed E-state index contributed by atoms with van der Waals surface area (Å²) in [4.78, 5) is 23.3. The lowest BCUT2D eigenvalue weighted by Gasteiger charge is -2.18. The number of rotatable bonds is 6. The second-order valence-electron chi connectivity index (χ2n) is 5.27. The molecule has 0 aromatic heterocycles. The summed E-state index contributed by atoms with van der Waals surface area (Å²) in [5, 5.41) is 2.64. The van der Waals surface area contributed by atoms with Crippen LogP contribution >= 0.6 is 0 Å². The van der Waals surface area contributed by atoms with Gasteiger partial charge in [-0.05, 0) is 30.5 Å². The number of anilines is 1. The molecule has 20 heavy (non-hydrogen) atoms. The van der Waals surface area contributed by atoms with Crippen molar-refractivity contribution >= 4 is 17.4 Å². The van der Waals surface area contributed by atoms with Gasteiger partial charge in [-0.25, -0.2) is 4.39 Å². The fourth-order valence-electron chi connectivity index (χ4n) is 2.46. The maximum absolute atomic E-state index is 14.0. The molecular formula is C16H20FNO2. The normalized spacial score (nSPS) is 13.8. The average Bonchev–Trinajstić information content (AvgIpc) is 2.42. The lowest BCUT2D eigenvalue weighted by atomic mass is 9.96. The molecule has 0 unspecified atom stereocenters. The van der Waals surface area contributed by atoms with Crippen molar-refractivity contribution in [3.05, 3.63) is 29.1 Å². The molecule has 0 aliphatic carbocycles. The number of Topliss-reactive ketones (excluding diaryl/α,β-unsaturated/α-hetero) is 1. The summed E-state index contributed by atoms with van der Waals surface area (Å²) in [7, 11) is 0. The molecule has 1 aliphatic heterocycles. The fraction of sp³-hybridized carbons (Fsp3) is 0.500. The Hall–Kier alpha value is -1.71. The Morgan fingerprint density at radius 1 is 1.25 bits per heavy atom. The highest BCUT2D eigenvalue weighted by atomic mass is 19.1. The number of carbonyl (C=O) groups excluding carboxylic acids is 2. The van der Waals surface area contributed by atoms with E-state index in [4.69, 9.17) is 0 Å². The van der Waals surface area contributed by atoms with Gasteiger partial charge in [-0.2, -0.15) is 0 Å². The molecule has 0 fully saturated rings. The van der Waals surface area contributed by atoms with Crippen LogP contribution in [0.4, 0.5) is 10.1 Å². The van der Waals surface area contributed by atoms with Crippen LogP contribution in [0.1, 0.15) is 61.4 Å². The molecule has 0 atom stereocenters. The van der Waals surface area contributed by atoms with Gasteiger partial charge in [-0.3, -0.25) is 9.59 Å². The number of amides is 1. The fourth-order valence-corrected chi connectivity index (χ4v) is 2.46. The van der Waals surface area contributed by atoms with Gasteiger partial charge in [-0.15, -0.1) is 0 Å². The van der Waals surface area contributed by atoms with Crippen LogP contribution in [0.15, 0.2) is 12.1 Å². The first kappa shape index (κ1) is 14.7. The smallest absolute Gasteiger partial charge is 0.224 e. The SMILES string of the molecule is CCCCCCC(=O)c1cc2c(cc1F)NC(=O)CC2. The molecule has 2 rings (SSSR count). The number of carbonyl (C=O) groups is 2. The van der Waals surface area contributed by atoms with E-state index in [0.29, 0.717) is 24.9 Å². The molecule has 108 valence electrons. The third-order valence-electron chi connectivity index (χ3n) is 3.65. The van der Waals surface area contributed by atoms with Crippen LogP contribution in [0.2, 0.25) is 0 Å². The maximum Gasteiger partial charge on any atom is 0.224 e. The molecule has 1 heterocycles. The lowest BCUT2D eigenvalue weighted by Crippen LogP contribution is -2.20. The van der Waals surface area contributed by atoms with Crippen LogP contribution in [0.3, 0.4) is 0 Å². The molecule has 0 radical (unpaired) electrons. The summed E-state index contributed by atoms with van der Waals surface area (Å²) in [5.74, 6) is -0.778. The minimum atomic E-state index is -0.536. The number of benzene rings is 1. The zero-order valence-electron chi connectivity index (χ0n) is 11.8. The number of hydrogen-bond donors (Lipinski definition) is 1. The van der Waals surface area contributed by atoms with Crippen molar-refractivity contribution in [3.8, 4) is 0 Å². The second-order valence-corrected chi connectivity index (χ2v) is 5.27. The van der Waals surface area contributed by atoms with Crippen LogP contribution in [-0.2, 0) is 11.2 Å². The van der Waals surface area contributed by atoms with Gasteiger partial charge in [0.05, 0.1) is 5.56 Å². The van der Waals surface area contributed by atoms with Crippen LogP contribution < -0.4 is 5.32 Å². The molecule has 1 aliphatic rings. The van der Waals surface area contributed by atoms with Gasteiger partial charge < -0.3 is 5.32 Å². The van der Waals surface area contributed by atoms with E-state index < -0.39 is 5.82 Å². The van der Waals surface area contributed by atoms with Gasteiger partial charge in [0.15, 0.2) is 5.78 Å². The molecule has 0 saturated heterocycles. The maximum atomic E-state index is 14.0. The van der Waals surface area contributed by atoms with E-state index in [1.54, 1.807) is 6.07 Å². The quantitative estimate of drug-likeness (QED) is 0.634. The molecule has 0 spiro atoms. The van der Waals surface area contributed by atoms with E-state index in [0.717, 1.165) is 31.2 Å². The molecule has 1 aromatic rings. The average molecular weight is 277 g/mol. The first-order valence-electron chi connectivity index (χ1n) is 7.27. The van der Waals surface area contributed by atoms with E-state index in [9.17, 15) is 14.0 Å². The topological polar surface area (TPSA) is 46.2 Å². The Kier molecular flexibility index (Phi) is 4.88. The molecule has 1 amide bonds. The Balaban J connectivity index is 2.08.